The minimum atomic E-state index is -4.02. The van der Waals surface area contributed by atoms with E-state index in [-0.39, 0.29) is 27.9 Å². The van der Waals surface area contributed by atoms with Crippen molar-refractivity contribution in [3.63, 3.8) is 0 Å². The molecule has 0 atom stereocenters. The summed E-state index contributed by atoms with van der Waals surface area (Å²) >= 11 is 0. The van der Waals surface area contributed by atoms with E-state index in [1.54, 1.807) is 0 Å². The molecule has 2 heterocycles. The minimum absolute atomic E-state index is 0.0408. The van der Waals surface area contributed by atoms with E-state index in [1.807, 2.05) is 0 Å². The number of carbonyl (C=O) groups is 1. The molecule has 0 unspecified atom stereocenters. The lowest BCUT2D eigenvalue weighted by atomic mass is 10.2. The monoisotopic (exact) mass is 299 g/mol. The van der Waals surface area contributed by atoms with Crippen molar-refractivity contribution >= 4 is 21.9 Å². The number of methoxy groups -OCH3 is 1. The SMILES string of the molecule is COC(=O)c1c(C)oc(C)c1S(=O)(=O)Nc1ncc[nH]1. The normalized spacial score (nSPS) is 11.3. The highest BCUT2D eigenvalue weighted by Gasteiger charge is 2.32. The van der Waals surface area contributed by atoms with E-state index >= 15 is 0 Å². The third-order valence-electron chi connectivity index (χ3n) is 2.59. The zero-order chi connectivity index (χ0) is 14.9. The number of imidazole rings is 1. The molecule has 20 heavy (non-hydrogen) atoms. The summed E-state index contributed by atoms with van der Waals surface area (Å²) in [6, 6.07) is 0. The molecule has 0 spiro atoms. The first-order valence-corrected chi connectivity index (χ1v) is 7.05. The Balaban J connectivity index is 2.54. The third kappa shape index (κ3) is 2.39. The topological polar surface area (TPSA) is 114 Å². The number of H-pyrrole nitrogens is 1. The highest BCUT2D eigenvalue weighted by atomic mass is 32.2. The second-order valence-electron chi connectivity index (χ2n) is 3.95. The van der Waals surface area contributed by atoms with Crippen LogP contribution in [0.15, 0.2) is 21.7 Å². The van der Waals surface area contributed by atoms with Gasteiger partial charge < -0.3 is 14.1 Å². The Morgan fingerprint density at radius 1 is 1.40 bits per heavy atom. The van der Waals surface area contributed by atoms with Crippen LogP contribution in [0.2, 0.25) is 0 Å². The van der Waals surface area contributed by atoms with Crippen LogP contribution < -0.4 is 4.72 Å². The van der Waals surface area contributed by atoms with Crippen molar-refractivity contribution < 1.29 is 22.4 Å². The van der Waals surface area contributed by atoms with Crippen molar-refractivity contribution in [3.8, 4) is 0 Å². The first-order valence-electron chi connectivity index (χ1n) is 5.57. The standard InChI is InChI=1S/C11H13N3O5S/c1-6-8(10(15)18-3)9(7(2)19-6)20(16,17)14-11-12-4-5-13-11/h4-5H,1-3H3,(H2,12,13,14). The molecule has 8 nitrogen and oxygen atoms in total. The fourth-order valence-electron chi connectivity index (χ4n) is 1.82. The molecule has 0 bridgehead atoms. The summed E-state index contributed by atoms with van der Waals surface area (Å²) in [5.41, 5.74) is -0.121. The number of anilines is 1. The number of rotatable bonds is 4. The summed E-state index contributed by atoms with van der Waals surface area (Å²) in [7, 11) is -2.85. The van der Waals surface area contributed by atoms with Crippen LogP contribution in [0.4, 0.5) is 5.95 Å². The maximum atomic E-state index is 12.3. The highest BCUT2D eigenvalue weighted by molar-refractivity contribution is 7.92. The Hall–Kier alpha value is -2.29. The van der Waals surface area contributed by atoms with Crippen LogP contribution in [0, 0.1) is 13.8 Å². The molecule has 0 aliphatic carbocycles. The van der Waals surface area contributed by atoms with Crippen LogP contribution in [-0.2, 0) is 14.8 Å². The maximum Gasteiger partial charge on any atom is 0.342 e. The maximum absolute atomic E-state index is 12.3. The van der Waals surface area contributed by atoms with Gasteiger partial charge in [0, 0.05) is 12.4 Å². The van der Waals surface area contributed by atoms with Gasteiger partial charge in [0.15, 0.2) is 0 Å². The van der Waals surface area contributed by atoms with Gasteiger partial charge in [-0.2, -0.15) is 0 Å². The van der Waals surface area contributed by atoms with E-state index in [0.717, 1.165) is 0 Å². The number of aromatic amines is 1. The van der Waals surface area contributed by atoms with E-state index in [9.17, 15) is 13.2 Å². The van der Waals surface area contributed by atoms with Crippen LogP contribution in [0.5, 0.6) is 0 Å². The number of ether oxygens (including phenoxy) is 1. The number of carbonyl (C=O) groups excluding carboxylic acids is 1. The smallest absolute Gasteiger partial charge is 0.342 e. The second-order valence-corrected chi connectivity index (χ2v) is 5.57. The van der Waals surface area contributed by atoms with Crippen molar-refractivity contribution in [2.45, 2.75) is 18.7 Å². The van der Waals surface area contributed by atoms with Crippen molar-refractivity contribution in [1.29, 1.82) is 0 Å². The van der Waals surface area contributed by atoms with Gasteiger partial charge in [-0.25, -0.2) is 22.9 Å². The molecule has 0 saturated carbocycles. The molecule has 2 N–H and O–H groups in total. The molecule has 0 aliphatic rings. The van der Waals surface area contributed by atoms with Crippen LogP contribution in [0.25, 0.3) is 0 Å². The zero-order valence-electron chi connectivity index (χ0n) is 11.1. The quantitative estimate of drug-likeness (QED) is 0.820. The van der Waals surface area contributed by atoms with E-state index in [4.69, 9.17) is 4.42 Å². The molecule has 0 fully saturated rings. The summed E-state index contributed by atoms with van der Waals surface area (Å²) in [6.07, 6.45) is 2.86. The molecule has 0 aliphatic heterocycles. The predicted octanol–water partition coefficient (Wildman–Crippen LogP) is 1.21. The molecular weight excluding hydrogens is 286 g/mol. The molecule has 2 aromatic rings. The molecule has 0 radical (unpaired) electrons. The number of nitrogens with zero attached hydrogens (tertiary/aromatic N) is 1. The number of hydrogen-bond donors (Lipinski definition) is 2. The lowest BCUT2D eigenvalue weighted by Crippen LogP contribution is -2.18. The van der Waals surface area contributed by atoms with E-state index in [0.29, 0.717) is 0 Å². The van der Waals surface area contributed by atoms with Gasteiger partial charge in [0.25, 0.3) is 10.0 Å². The lowest BCUT2D eigenvalue weighted by Gasteiger charge is -2.06. The van der Waals surface area contributed by atoms with E-state index in [1.165, 1.54) is 33.4 Å². The molecule has 0 aromatic carbocycles. The number of aryl methyl sites for hydroxylation is 2. The predicted molar refractivity (Wildman–Crippen MR) is 68.9 cm³/mol. The zero-order valence-corrected chi connectivity index (χ0v) is 11.9. The fraction of sp³-hybridized carbons (Fsp3) is 0.273. The Kier molecular flexibility index (Phi) is 3.53. The van der Waals surface area contributed by atoms with E-state index < -0.39 is 16.0 Å². The van der Waals surface area contributed by atoms with Crippen LogP contribution in [-0.4, -0.2) is 31.5 Å². The van der Waals surface area contributed by atoms with Gasteiger partial charge in [0.1, 0.15) is 22.0 Å². The van der Waals surface area contributed by atoms with Crippen molar-refractivity contribution in [1.82, 2.24) is 9.97 Å². The Labute approximate surface area is 115 Å². The molecule has 2 aromatic heterocycles. The number of furan rings is 1. The average Bonchev–Trinajstić information content (AvgIpc) is 2.95. The van der Waals surface area contributed by atoms with Crippen LogP contribution >= 0.6 is 0 Å². The number of esters is 1. The average molecular weight is 299 g/mol. The Morgan fingerprint density at radius 3 is 2.65 bits per heavy atom. The summed E-state index contributed by atoms with van der Waals surface area (Å²) in [5.74, 6) is -0.464. The number of hydrogen-bond acceptors (Lipinski definition) is 6. The first-order chi connectivity index (χ1) is 9.36. The van der Waals surface area contributed by atoms with E-state index in [2.05, 4.69) is 19.4 Å². The molecule has 2 rings (SSSR count). The third-order valence-corrected chi connectivity index (χ3v) is 4.08. The number of sulfonamides is 1. The van der Waals surface area contributed by atoms with Gasteiger partial charge in [0.05, 0.1) is 7.11 Å². The first kappa shape index (κ1) is 14.1. The van der Waals surface area contributed by atoms with Gasteiger partial charge >= 0.3 is 5.97 Å². The molecule has 0 saturated heterocycles. The van der Waals surface area contributed by atoms with Gasteiger partial charge in [-0.3, -0.25) is 0 Å². The van der Waals surface area contributed by atoms with Crippen molar-refractivity contribution in [3.05, 3.63) is 29.5 Å². The fourth-order valence-corrected chi connectivity index (χ4v) is 3.21. The second kappa shape index (κ2) is 5.00. The summed E-state index contributed by atoms with van der Waals surface area (Å²) in [4.78, 5) is 17.8. The Bertz CT molecular complexity index is 730. The summed E-state index contributed by atoms with van der Waals surface area (Å²) < 4.78 is 36.7. The highest BCUT2D eigenvalue weighted by Crippen LogP contribution is 2.28. The molecule has 0 amide bonds. The molecule has 108 valence electrons. The van der Waals surface area contributed by atoms with Gasteiger partial charge in [-0.05, 0) is 13.8 Å². The molecular formula is C11H13N3O5S. The van der Waals surface area contributed by atoms with Crippen LogP contribution in [0.1, 0.15) is 21.9 Å². The summed E-state index contributed by atoms with van der Waals surface area (Å²) in [6.45, 7) is 2.95. The largest absolute Gasteiger partial charge is 0.465 e. The number of aromatic nitrogens is 2. The lowest BCUT2D eigenvalue weighted by molar-refractivity contribution is 0.0595. The van der Waals surface area contributed by atoms with Gasteiger partial charge in [-0.1, -0.05) is 0 Å². The van der Waals surface area contributed by atoms with Crippen molar-refractivity contribution in [2.75, 3.05) is 11.8 Å². The van der Waals surface area contributed by atoms with Gasteiger partial charge in [0.2, 0.25) is 5.95 Å². The van der Waals surface area contributed by atoms with Crippen LogP contribution in [0.3, 0.4) is 0 Å². The molecule has 9 heteroatoms. The Morgan fingerprint density at radius 2 is 2.10 bits per heavy atom. The summed E-state index contributed by atoms with van der Waals surface area (Å²) in [5, 5.41) is 0. The van der Waals surface area contributed by atoms with Crippen molar-refractivity contribution in [2.24, 2.45) is 0 Å². The van der Waals surface area contributed by atoms with Gasteiger partial charge in [-0.15, -0.1) is 0 Å². The minimum Gasteiger partial charge on any atom is -0.465 e. The number of nitrogens with one attached hydrogen (secondary N) is 2.